The van der Waals surface area contributed by atoms with E-state index in [1.165, 1.54) is 11.3 Å². The van der Waals surface area contributed by atoms with Crippen LogP contribution in [0.5, 0.6) is 0 Å². The second-order valence-electron chi connectivity index (χ2n) is 2.44. The molecule has 2 aromatic heterocycles. The van der Waals surface area contributed by atoms with Crippen molar-refractivity contribution in [2.75, 3.05) is 0 Å². The first-order valence-corrected chi connectivity index (χ1v) is 5.01. The Bertz CT molecular complexity index is 384. The van der Waals surface area contributed by atoms with E-state index in [0.29, 0.717) is 17.5 Å². The fraction of sp³-hybridized carbons (Fsp3) is 0.286. The van der Waals surface area contributed by atoms with Gasteiger partial charge in [-0.25, -0.2) is 4.98 Å². The zero-order valence-electron chi connectivity index (χ0n) is 6.77. The molecule has 2 aromatic rings. The van der Waals surface area contributed by atoms with Crippen LogP contribution in [0.2, 0.25) is 0 Å². The first-order chi connectivity index (χ1) is 6.27. The highest BCUT2D eigenvalue weighted by Gasteiger charge is 2.13. The fourth-order valence-corrected chi connectivity index (χ4v) is 1.43. The molecule has 0 saturated carbocycles. The highest BCUT2D eigenvalue weighted by Crippen LogP contribution is 2.22. The highest BCUT2D eigenvalue weighted by atomic mass is 35.5. The molecule has 0 N–H and O–H groups in total. The Morgan fingerprint density at radius 1 is 1.54 bits per heavy atom. The van der Waals surface area contributed by atoms with Gasteiger partial charge in [0.1, 0.15) is 11.1 Å². The molecule has 13 heavy (non-hydrogen) atoms. The van der Waals surface area contributed by atoms with Gasteiger partial charge in [-0.3, -0.25) is 0 Å². The number of nitrogens with zero attached hydrogens (tertiary/aromatic N) is 3. The normalized spacial score (nSPS) is 13.1. The topological polar surface area (TPSA) is 51.8 Å². The maximum Gasteiger partial charge on any atom is 0.267 e. The summed E-state index contributed by atoms with van der Waals surface area (Å²) in [6.45, 7) is 1.78. The minimum absolute atomic E-state index is 0.264. The van der Waals surface area contributed by atoms with Crippen LogP contribution in [-0.2, 0) is 0 Å². The van der Waals surface area contributed by atoms with Crippen molar-refractivity contribution in [2.24, 2.45) is 0 Å². The number of rotatable bonds is 2. The lowest BCUT2D eigenvalue weighted by Crippen LogP contribution is -1.81. The van der Waals surface area contributed by atoms with Gasteiger partial charge in [0.25, 0.3) is 5.89 Å². The van der Waals surface area contributed by atoms with Crippen LogP contribution in [0.4, 0.5) is 0 Å². The van der Waals surface area contributed by atoms with Crippen LogP contribution in [0.15, 0.2) is 15.3 Å². The first-order valence-electron chi connectivity index (χ1n) is 3.63. The number of aromatic nitrogens is 3. The summed E-state index contributed by atoms with van der Waals surface area (Å²) in [5.74, 6) is 0.841. The molecular weight excluding hydrogens is 210 g/mol. The number of halogens is 1. The lowest BCUT2D eigenvalue weighted by atomic mass is 10.5. The first kappa shape index (κ1) is 8.65. The molecular formula is C7H6ClN3OS. The third kappa shape index (κ3) is 1.71. The molecule has 0 aliphatic rings. The Morgan fingerprint density at radius 3 is 2.92 bits per heavy atom. The molecule has 0 spiro atoms. The number of hydrogen-bond donors (Lipinski definition) is 0. The van der Waals surface area contributed by atoms with Gasteiger partial charge in [-0.15, -0.1) is 33.1 Å². The predicted octanol–water partition coefficient (Wildman–Crippen LogP) is 2.49. The van der Waals surface area contributed by atoms with Crippen LogP contribution in [0.1, 0.15) is 18.2 Å². The molecule has 0 bridgehead atoms. The van der Waals surface area contributed by atoms with Gasteiger partial charge in [0.2, 0.25) is 5.89 Å². The summed E-state index contributed by atoms with van der Waals surface area (Å²) in [6, 6.07) is 0. The average Bonchev–Trinajstić information content (AvgIpc) is 2.75. The van der Waals surface area contributed by atoms with Crippen molar-refractivity contribution >= 4 is 22.9 Å². The zero-order valence-corrected chi connectivity index (χ0v) is 8.34. The minimum atomic E-state index is -0.264. The van der Waals surface area contributed by atoms with E-state index >= 15 is 0 Å². The van der Waals surface area contributed by atoms with Crippen molar-refractivity contribution in [3.8, 4) is 11.6 Å². The summed E-state index contributed by atoms with van der Waals surface area (Å²) in [7, 11) is 0. The maximum absolute atomic E-state index is 5.76. The van der Waals surface area contributed by atoms with E-state index in [9.17, 15) is 0 Å². The molecule has 2 rings (SSSR count). The summed E-state index contributed by atoms with van der Waals surface area (Å²) >= 11 is 7.24. The smallest absolute Gasteiger partial charge is 0.267 e. The summed E-state index contributed by atoms with van der Waals surface area (Å²) in [5, 5.41) is 9.19. The quantitative estimate of drug-likeness (QED) is 0.723. The SMILES string of the molecule is CC(Cl)c1nnc(-c2cscn2)o1. The van der Waals surface area contributed by atoms with Crippen LogP contribution in [-0.4, -0.2) is 15.2 Å². The Labute approximate surface area is 83.6 Å². The number of hydrogen-bond acceptors (Lipinski definition) is 5. The molecule has 0 aromatic carbocycles. The molecule has 68 valence electrons. The van der Waals surface area contributed by atoms with Crippen molar-refractivity contribution in [1.29, 1.82) is 0 Å². The largest absolute Gasteiger partial charge is 0.418 e. The maximum atomic E-state index is 5.76. The summed E-state index contributed by atoms with van der Waals surface area (Å²) < 4.78 is 5.28. The van der Waals surface area contributed by atoms with E-state index in [1.54, 1.807) is 12.4 Å². The number of alkyl halides is 1. The third-order valence-electron chi connectivity index (χ3n) is 1.43. The van der Waals surface area contributed by atoms with E-state index in [0.717, 1.165) is 0 Å². The Morgan fingerprint density at radius 2 is 2.38 bits per heavy atom. The van der Waals surface area contributed by atoms with Crippen LogP contribution >= 0.6 is 22.9 Å². The van der Waals surface area contributed by atoms with Gasteiger partial charge in [-0.2, -0.15) is 0 Å². The fourth-order valence-electron chi connectivity index (χ4n) is 0.817. The molecule has 0 saturated heterocycles. The lowest BCUT2D eigenvalue weighted by molar-refractivity contribution is 0.506. The second kappa shape index (κ2) is 3.43. The minimum Gasteiger partial charge on any atom is -0.418 e. The number of thiazole rings is 1. The van der Waals surface area contributed by atoms with Crippen molar-refractivity contribution in [3.05, 3.63) is 16.8 Å². The van der Waals surface area contributed by atoms with Gasteiger partial charge >= 0.3 is 0 Å². The molecule has 0 aliphatic carbocycles. The second-order valence-corrected chi connectivity index (χ2v) is 3.81. The van der Waals surface area contributed by atoms with E-state index in [4.69, 9.17) is 16.0 Å². The van der Waals surface area contributed by atoms with Crippen LogP contribution in [0.3, 0.4) is 0 Å². The van der Waals surface area contributed by atoms with Crippen LogP contribution in [0, 0.1) is 0 Å². The van der Waals surface area contributed by atoms with Gasteiger partial charge < -0.3 is 4.42 Å². The Kier molecular flexibility index (Phi) is 2.28. The van der Waals surface area contributed by atoms with E-state index in [1.807, 2.05) is 5.38 Å². The Balaban J connectivity index is 2.33. The van der Waals surface area contributed by atoms with E-state index < -0.39 is 0 Å². The van der Waals surface area contributed by atoms with Gasteiger partial charge in [0, 0.05) is 5.38 Å². The lowest BCUT2D eigenvalue weighted by Gasteiger charge is -1.90. The molecule has 2 heterocycles. The van der Waals surface area contributed by atoms with Crippen LogP contribution in [0.25, 0.3) is 11.6 Å². The molecule has 0 fully saturated rings. The van der Waals surface area contributed by atoms with Crippen molar-refractivity contribution in [1.82, 2.24) is 15.2 Å². The monoisotopic (exact) mass is 215 g/mol. The van der Waals surface area contributed by atoms with Crippen molar-refractivity contribution < 1.29 is 4.42 Å². The molecule has 1 atom stereocenters. The molecule has 0 radical (unpaired) electrons. The zero-order chi connectivity index (χ0) is 9.26. The molecule has 4 nitrogen and oxygen atoms in total. The third-order valence-corrected chi connectivity index (χ3v) is 2.21. The predicted molar refractivity (Wildman–Crippen MR) is 49.7 cm³/mol. The van der Waals surface area contributed by atoms with Crippen LogP contribution < -0.4 is 0 Å². The standard InChI is InChI=1S/C7H6ClN3OS/c1-4(8)6-10-11-7(12-6)5-2-13-3-9-5/h2-4H,1H3. The highest BCUT2D eigenvalue weighted by molar-refractivity contribution is 7.07. The van der Waals surface area contributed by atoms with Gasteiger partial charge in [-0.1, -0.05) is 0 Å². The van der Waals surface area contributed by atoms with E-state index in [2.05, 4.69) is 15.2 Å². The van der Waals surface area contributed by atoms with Gasteiger partial charge in [0.15, 0.2) is 0 Å². The molecule has 6 heteroatoms. The van der Waals surface area contributed by atoms with E-state index in [-0.39, 0.29) is 5.38 Å². The molecule has 0 amide bonds. The summed E-state index contributed by atoms with van der Waals surface area (Å²) in [5.41, 5.74) is 2.41. The average molecular weight is 216 g/mol. The van der Waals surface area contributed by atoms with Gasteiger partial charge in [-0.05, 0) is 6.92 Å². The van der Waals surface area contributed by atoms with Gasteiger partial charge in [0.05, 0.1) is 5.51 Å². The van der Waals surface area contributed by atoms with Crippen molar-refractivity contribution in [3.63, 3.8) is 0 Å². The summed E-state index contributed by atoms with van der Waals surface area (Å²) in [4.78, 5) is 4.04. The molecule has 0 aliphatic heterocycles. The molecule has 1 unspecified atom stereocenters. The van der Waals surface area contributed by atoms with Crippen molar-refractivity contribution in [2.45, 2.75) is 12.3 Å². The summed E-state index contributed by atoms with van der Waals surface area (Å²) in [6.07, 6.45) is 0. The Hall–Kier alpha value is -0.940.